The minimum atomic E-state index is -1.70. The van der Waals surface area contributed by atoms with Crippen LogP contribution in [0, 0.1) is 6.92 Å². The first kappa shape index (κ1) is 19.1. The second-order valence-electron chi connectivity index (χ2n) is 7.65. The van der Waals surface area contributed by atoms with Gasteiger partial charge in [0.25, 0.3) is 5.91 Å². The number of benzene rings is 1. The average molecular weight is 404 g/mol. The van der Waals surface area contributed by atoms with Gasteiger partial charge in [0, 0.05) is 48.0 Å². The van der Waals surface area contributed by atoms with Gasteiger partial charge in [0.1, 0.15) is 5.82 Å². The molecule has 1 aromatic heterocycles. The number of carbonyl (C=O) groups excluding carboxylic acids is 1. The molecule has 1 aliphatic heterocycles. The van der Waals surface area contributed by atoms with Crippen molar-refractivity contribution in [2.75, 3.05) is 18.0 Å². The number of halogens is 2. The topological polar surface area (TPSA) is 84.1 Å². The molecule has 1 aromatic carbocycles. The molecule has 0 radical (unpaired) electrons. The van der Waals surface area contributed by atoms with Crippen LogP contribution < -0.4 is 16.0 Å². The minimum absolute atomic E-state index is 0.0789. The van der Waals surface area contributed by atoms with Crippen molar-refractivity contribution in [3.63, 3.8) is 0 Å². The van der Waals surface area contributed by atoms with Gasteiger partial charge in [0.15, 0.2) is 11.5 Å². The van der Waals surface area contributed by atoms with Crippen LogP contribution in [0.1, 0.15) is 30.4 Å². The number of aryl methyl sites for hydroxylation is 1. The Balaban J connectivity index is 1.63. The van der Waals surface area contributed by atoms with E-state index in [9.17, 15) is 9.18 Å². The molecule has 2 heterocycles. The summed E-state index contributed by atoms with van der Waals surface area (Å²) in [6.07, 6.45) is 3.13. The van der Waals surface area contributed by atoms with Gasteiger partial charge < -0.3 is 16.0 Å². The van der Waals surface area contributed by atoms with E-state index in [0.29, 0.717) is 17.4 Å². The van der Waals surface area contributed by atoms with E-state index in [4.69, 9.17) is 22.3 Å². The van der Waals surface area contributed by atoms with Crippen LogP contribution in [0.5, 0.6) is 0 Å². The lowest BCUT2D eigenvalue weighted by molar-refractivity contribution is -0.127. The fourth-order valence-corrected chi connectivity index (χ4v) is 3.50. The summed E-state index contributed by atoms with van der Waals surface area (Å²) in [4.78, 5) is 23.3. The second-order valence-corrected chi connectivity index (χ2v) is 8.06. The normalized spacial score (nSPS) is 20.3. The van der Waals surface area contributed by atoms with Gasteiger partial charge in [-0.05, 0) is 37.8 Å². The first-order chi connectivity index (χ1) is 13.4. The number of hydrogen-bond donors (Lipinski definition) is 2. The molecule has 2 aliphatic rings. The molecular weight excluding hydrogens is 381 g/mol. The van der Waals surface area contributed by atoms with Crippen LogP contribution in [0.4, 0.5) is 10.2 Å². The largest absolute Gasteiger partial charge is 0.355 e. The van der Waals surface area contributed by atoms with Gasteiger partial charge in [-0.1, -0.05) is 23.7 Å². The molecule has 8 heteroatoms. The van der Waals surface area contributed by atoms with Crippen molar-refractivity contribution in [2.24, 2.45) is 5.73 Å². The number of hydrogen-bond acceptors (Lipinski definition) is 5. The summed E-state index contributed by atoms with van der Waals surface area (Å²) in [7, 11) is 0. The number of amides is 1. The van der Waals surface area contributed by atoms with Gasteiger partial charge in [-0.15, -0.1) is 0 Å². The van der Waals surface area contributed by atoms with E-state index in [1.165, 1.54) is 0 Å². The number of nitrogens with zero attached hydrogens (tertiary/aromatic N) is 3. The highest BCUT2D eigenvalue weighted by atomic mass is 35.5. The van der Waals surface area contributed by atoms with Crippen molar-refractivity contribution in [3.05, 3.63) is 40.5 Å². The van der Waals surface area contributed by atoms with Crippen molar-refractivity contribution in [2.45, 2.75) is 44.4 Å². The number of aromatic nitrogens is 2. The highest BCUT2D eigenvalue weighted by Crippen LogP contribution is 2.40. The van der Waals surface area contributed by atoms with Crippen molar-refractivity contribution in [3.8, 4) is 11.4 Å². The molecule has 1 saturated carbocycles. The molecule has 1 saturated heterocycles. The van der Waals surface area contributed by atoms with E-state index in [1.807, 2.05) is 25.1 Å². The number of alkyl halides is 1. The fraction of sp³-hybridized carbons (Fsp3) is 0.450. The van der Waals surface area contributed by atoms with E-state index >= 15 is 0 Å². The third kappa shape index (κ3) is 3.82. The Kier molecular flexibility index (Phi) is 4.97. The van der Waals surface area contributed by atoms with Crippen LogP contribution in [-0.4, -0.2) is 40.7 Å². The molecule has 0 unspecified atom stereocenters. The summed E-state index contributed by atoms with van der Waals surface area (Å²) in [5.74, 6) is 0.709. The monoisotopic (exact) mass is 403 g/mol. The van der Waals surface area contributed by atoms with Crippen molar-refractivity contribution >= 4 is 23.3 Å². The van der Waals surface area contributed by atoms with Crippen LogP contribution >= 0.6 is 11.6 Å². The Bertz CT molecular complexity index is 917. The third-order valence-electron chi connectivity index (χ3n) is 5.33. The Morgan fingerprint density at radius 3 is 2.89 bits per heavy atom. The summed E-state index contributed by atoms with van der Waals surface area (Å²) in [6.45, 7) is 3.58. The summed E-state index contributed by atoms with van der Waals surface area (Å²) in [5.41, 5.74) is 6.91. The summed E-state index contributed by atoms with van der Waals surface area (Å²) < 4.78 is 13.9. The van der Waals surface area contributed by atoms with Crippen LogP contribution in [0.25, 0.3) is 11.4 Å². The Morgan fingerprint density at radius 2 is 2.25 bits per heavy atom. The number of nitrogens with one attached hydrogen (secondary N) is 1. The van der Waals surface area contributed by atoms with E-state index in [1.54, 1.807) is 6.20 Å². The highest BCUT2D eigenvalue weighted by molar-refractivity contribution is 6.31. The molecule has 1 amide bonds. The van der Waals surface area contributed by atoms with Crippen molar-refractivity contribution in [1.29, 1.82) is 0 Å². The SMILES string of the molecule is Cc1ccc(-c2ncc(CNC(=O)C3(F)CC3)c(N3CC[C@H](N)C3)n2)cc1Cl. The van der Waals surface area contributed by atoms with Gasteiger partial charge in [0.05, 0.1) is 0 Å². The molecule has 2 fully saturated rings. The zero-order valence-corrected chi connectivity index (χ0v) is 16.5. The van der Waals surface area contributed by atoms with E-state index in [0.717, 1.165) is 35.5 Å². The molecule has 2 aromatic rings. The van der Waals surface area contributed by atoms with Gasteiger partial charge >= 0.3 is 0 Å². The Labute approximate surface area is 168 Å². The van der Waals surface area contributed by atoms with Gasteiger partial charge in [-0.25, -0.2) is 14.4 Å². The number of nitrogens with two attached hydrogens (primary N) is 1. The molecule has 3 N–H and O–H groups in total. The smallest absolute Gasteiger partial charge is 0.257 e. The molecule has 148 valence electrons. The minimum Gasteiger partial charge on any atom is -0.355 e. The number of carbonyl (C=O) groups is 1. The maximum atomic E-state index is 13.9. The highest BCUT2D eigenvalue weighted by Gasteiger charge is 2.50. The van der Waals surface area contributed by atoms with Crippen LogP contribution in [0.15, 0.2) is 24.4 Å². The van der Waals surface area contributed by atoms with E-state index in [2.05, 4.69) is 15.2 Å². The Morgan fingerprint density at radius 1 is 1.46 bits per heavy atom. The number of anilines is 1. The van der Waals surface area contributed by atoms with E-state index < -0.39 is 11.6 Å². The first-order valence-corrected chi connectivity index (χ1v) is 9.84. The molecule has 1 aliphatic carbocycles. The summed E-state index contributed by atoms with van der Waals surface area (Å²) in [5, 5.41) is 3.33. The molecule has 4 rings (SSSR count). The lowest BCUT2D eigenvalue weighted by Gasteiger charge is -2.21. The zero-order valence-electron chi connectivity index (χ0n) is 15.7. The van der Waals surface area contributed by atoms with Gasteiger partial charge in [-0.3, -0.25) is 4.79 Å². The predicted octanol–water partition coefficient (Wildman–Crippen LogP) is 2.76. The van der Waals surface area contributed by atoms with Crippen LogP contribution in [0.3, 0.4) is 0 Å². The maximum Gasteiger partial charge on any atom is 0.257 e. The second kappa shape index (κ2) is 7.29. The first-order valence-electron chi connectivity index (χ1n) is 9.46. The zero-order chi connectivity index (χ0) is 19.9. The quantitative estimate of drug-likeness (QED) is 0.801. The van der Waals surface area contributed by atoms with Crippen molar-refractivity contribution in [1.82, 2.24) is 15.3 Å². The maximum absolute atomic E-state index is 13.9. The Hall–Kier alpha value is -2.25. The molecule has 28 heavy (non-hydrogen) atoms. The molecule has 1 atom stereocenters. The third-order valence-corrected chi connectivity index (χ3v) is 5.74. The standard InChI is InChI=1S/C20H23ClFN5O/c1-12-2-3-13(8-16(12)21)17-24-9-14(10-25-19(28)20(22)5-6-20)18(26-17)27-7-4-15(23)11-27/h2-3,8-9,15H,4-7,10-11,23H2,1H3,(H,25,28)/t15-/m0/s1. The lowest BCUT2D eigenvalue weighted by Crippen LogP contribution is -2.34. The molecule has 0 bridgehead atoms. The fourth-order valence-electron chi connectivity index (χ4n) is 3.32. The average Bonchev–Trinajstić information content (AvgIpc) is 3.29. The molecular formula is C20H23ClFN5O. The van der Waals surface area contributed by atoms with E-state index in [-0.39, 0.29) is 25.4 Å². The molecule has 6 nitrogen and oxygen atoms in total. The number of rotatable bonds is 5. The molecule has 0 spiro atoms. The predicted molar refractivity (Wildman–Crippen MR) is 107 cm³/mol. The summed E-state index contributed by atoms with van der Waals surface area (Å²) >= 11 is 6.25. The lowest BCUT2D eigenvalue weighted by atomic mass is 10.1. The van der Waals surface area contributed by atoms with Crippen LogP contribution in [0.2, 0.25) is 5.02 Å². The van der Waals surface area contributed by atoms with Gasteiger partial charge in [0.2, 0.25) is 0 Å². The van der Waals surface area contributed by atoms with Crippen molar-refractivity contribution < 1.29 is 9.18 Å². The van der Waals surface area contributed by atoms with Crippen LogP contribution in [-0.2, 0) is 11.3 Å². The van der Waals surface area contributed by atoms with Gasteiger partial charge in [-0.2, -0.15) is 0 Å². The summed E-state index contributed by atoms with van der Waals surface area (Å²) in [6, 6.07) is 5.77.